The summed E-state index contributed by atoms with van der Waals surface area (Å²) in [6.45, 7) is 2.40. The standard InChI is InChI=1S/C19H18Cl2N2O4S/c1-4-23-13-8-15(25-2)16(26-3)9-17(13)28-19(23)22-18(24)10-27-14-6-5-11(20)7-12(14)21/h5-9H,4,10H2,1-3H3. The maximum atomic E-state index is 12.3. The van der Waals surface area contributed by atoms with Crippen LogP contribution in [0.1, 0.15) is 6.92 Å². The number of benzene rings is 2. The van der Waals surface area contributed by atoms with E-state index in [0.29, 0.717) is 38.6 Å². The monoisotopic (exact) mass is 440 g/mol. The van der Waals surface area contributed by atoms with Gasteiger partial charge in [-0.3, -0.25) is 4.79 Å². The molecule has 0 N–H and O–H groups in total. The van der Waals surface area contributed by atoms with Gasteiger partial charge in [0.15, 0.2) is 22.9 Å². The van der Waals surface area contributed by atoms with Gasteiger partial charge in [0, 0.05) is 23.7 Å². The number of rotatable bonds is 6. The van der Waals surface area contributed by atoms with Crippen molar-refractivity contribution >= 4 is 50.7 Å². The normalized spacial score (nSPS) is 11.7. The van der Waals surface area contributed by atoms with E-state index >= 15 is 0 Å². The van der Waals surface area contributed by atoms with Crippen molar-refractivity contribution in [3.05, 3.63) is 45.2 Å². The Hall–Kier alpha value is -2.22. The van der Waals surface area contributed by atoms with Gasteiger partial charge in [-0.2, -0.15) is 4.99 Å². The average molecular weight is 441 g/mol. The van der Waals surface area contributed by atoms with E-state index in [9.17, 15) is 4.79 Å². The minimum Gasteiger partial charge on any atom is -0.493 e. The number of fused-ring (bicyclic) bond motifs is 1. The number of hydrogen-bond donors (Lipinski definition) is 0. The Morgan fingerprint density at radius 1 is 1.11 bits per heavy atom. The molecule has 148 valence electrons. The average Bonchev–Trinajstić information content (AvgIpc) is 3.01. The van der Waals surface area contributed by atoms with Crippen LogP contribution in [-0.2, 0) is 11.3 Å². The number of thiazole rings is 1. The second-order valence-electron chi connectivity index (χ2n) is 5.67. The predicted molar refractivity (Wildman–Crippen MR) is 111 cm³/mol. The highest BCUT2D eigenvalue weighted by molar-refractivity contribution is 7.16. The lowest BCUT2D eigenvalue weighted by atomic mass is 10.3. The highest BCUT2D eigenvalue weighted by Crippen LogP contribution is 2.33. The Bertz CT molecular complexity index is 1090. The molecule has 0 saturated heterocycles. The first-order valence-corrected chi connectivity index (χ1v) is 9.94. The Morgan fingerprint density at radius 2 is 1.82 bits per heavy atom. The highest BCUT2D eigenvalue weighted by Gasteiger charge is 2.13. The zero-order valence-electron chi connectivity index (χ0n) is 15.5. The minimum atomic E-state index is -0.418. The zero-order valence-corrected chi connectivity index (χ0v) is 17.8. The molecule has 3 rings (SSSR count). The molecule has 2 aromatic carbocycles. The van der Waals surface area contributed by atoms with Gasteiger partial charge in [-0.1, -0.05) is 34.5 Å². The second kappa shape index (κ2) is 8.86. The third-order valence-corrected chi connectivity index (χ3v) is 5.54. The summed E-state index contributed by atoms with van der Waals surface area (Å²) in [4.78, 5) is 17.1. The number of halogens is 2. The number of aryl methyl sites for hydroxylation is 1. The summed E-state index contributed by atoms with van der Waals surface area (Å²) in [5.74, 6) is 1.20. The molecule has 28 heavy (non-hydrogen) atoms. The van der Waals surface area contributed by atoms with Crippen molar-refractivity contribution in [2.24, 2.45) is 4.99 Å². The van der Waals surface area contributed by atoms with Gasteiger partial charge >= 0.3 is 0 Å². The molecule has 0 radical (unpaired) electrons. The Morgan fingerprint density at radius 3 is 2.46 bits per heavy atom. The maximum absolute atomic E-state index is 12.3. The first-order chi connectivity index (χ1) is 13.5. The van der Waals surface area contributed by atoms with Crippen LogP contribution in [0.15, 0.2) is 35.3 Å². The molecule has 0 fully saturated rings. The van der Waals surface area contributed by atoms with Crippen LogP contribution in [0.4, 0.5) is 0 Å². The molecule has 1 heterocycles. The molecule has 0 bridgehead atoms. The first kappa shape index (κ1) is 20.5. The van der Waals surface area contributed by atoms with Crippen molar-refractivity contribution in [1.82, 2.24) is 4.57 Å². The fourth-order valence-electron chi connectivity index (χ4n) is 2.66. The fraction of sp³-hybridized carbons (Fsp3) is 0.263. The third kappa shape index (κ3) is 4.27. The Balaban J connectivity index is 1.90. The van der Waals surface area contributed by atoms with Crippen LogP contribution in [0.2, 0.25) is 10.0 Å². The van der Waals surface area contributed by atoms with E-state index in [0.717, 1.165) is 10.2 Å². The van der Waals surface area contributed by atoms with Crippen LogP contribution in [0.25, 0.3) is 10.2 Å². The molecule has 0 aliphatic carbocycles. The van der Waals surface area contributed by atoms with Gasteiger partial charge in [0.2, 0.25) is 0 Å². The lowest BCUT2D eigenvalue weighted by Crippen LogP contribution is -2.18. The quantitative estimate of drug-likeness (QED) is 0.563. The molecule has 3 aromatic rings. The molecule has 0 aliphatic rings. The van der Waals surface area contributed by atoms with Crippen molar-refractivity contribution < 1.29 is 19.0 Å². The largest absolute Gasteiger partial charge is 0.493 e. The molecular weight excluding hydrogens is 423 g/mol. The molecule has 6 nitrogen and oxygen atoms in total. The highest BCUT2D eigenvalue weighted by atomic mass is 35.5. The number of aromatic nitrogens is 1. The van der Waals surface area contributed by atoms with Crippen molar-refractivity contribution in [3.8, 4) is 17.2 Å². The number of carbonyl (C=O) groups is 1. The van der Waals surface area contributed by atoms with Crippen molar-refractivity contribution in [3.63, 3.8) is 0 Å². The van der Waals surface area contributed by atoms with E-state index in [1.807, 2.05) is 23.6 Å². The molecule has 0 aliphatic heterocycles. The third-order valence-electron chi connectivity index (χ3n) is 3.97. The van der Waals surface area contributed by atoms with Crippen LogP contribution in [-0.4, -0.2) is 31.3 Å². The SMILES string of the molecule is CCn1c(=NC(=O)COc2ccc(Cl)cc2Cl)sc2cc(OC)c(OC)cc21. The van der Waals surface area contributed by atoms with Crippen LogP contribution in [0.5, 0.6) is 17.2 Å². The number of ether oxygens (including phenoxy) is 3. The van der Waals surface area contributed by atoms with E-state index in [-0.39, 0.29) is 6.61 Å². The van der Waals surface area contributed by atoms with E-state index in [1.54, 1.807) is 32.4 Å². The van der Waals surface area contributed by atoms with Gasteiger partial charge in [0.25, 0.3) is 5.91 Å². The lowest BCUT2D eigenvalue weighted by Gasteiger charge is -2.08. The number of amides is 1. The number of nitrogens with zero attached hydrogens (tertiary/aromatic N) is 2. The van der Waals surface area contributed by atoms with Gasteiger partial charge < -0.3 is 18.8 Å². The zero-order chi connectivity index (χ0) is 20.3. The summed E-state index contributed by atoms with van der Waals surface area (Å²) in [7, 11) is 3.17. The maximum Gasteiger partial charge on any atom is 0.286 e. The molecule has 9 heteroatoms. The van der Waals surface area contributed by atoms with Crippen LogP contribution >= 0.6 is 34.5 Å². The Kier molecular flexibility index (Phi) is 6.49. The van der Waals surface area contributed by atoms with Crippen LogP contribution < -0.4 is 19.0 Å². The van der Waals surface area contributed by atoms with Gasteiger partial charge in [-0.05, 0) is 25.1 Å². The molecule has 1 aromatic heterocycles. The van der Waals surface area contributed by atoms with Crippen LogP contribution in [0, 0.1) is 0 Å². The van der Waals surface area contributed by atoms with Crippen molar-refractivity contribution in [2.45, 2.75) is 13.5 Å². The number of carbonyl (C=O) groups excluding carboxylic acids is 1. The molecular formula is C19H18Cl2N2O4S. The molecule has 0 unspecified atom stereocenters. The second-order valence-corrected chi connectivity index (χ2v) is 7.53. The van der Waals surface area contributed by atoms with Crippen molar-refractivity contribution in [1.29, 1.82) is 0 Å². The molecule has 0 spiro atoms. The van der Waals surface area contributed by atoms with Gasteiger partial charge in [0.1, 0.15) is 5.75 Å². The van der Waals surface area contributed by atoms with E-state index in [1.165, 1.54) is 11.3 Å². The minimum absolute atomic E-state index is 0.230. The topological polar surface area (TPSA) is 62.1 Å². The van der Waals surface area contributed by atoms with Crippen LogP contribution in [0.3, 0.4) is 0 Å². The van der Waals surface area contributed by atoms with E-state index < -0.39 is 5.91 Å². The summed E-state index contributed by atoms with van der Waals surface area (Å²) >= 11 is 13.3. The van der Waals surface area contributed by atoms with Crippen molar-refractivity contribution in [2.75, 3.05) is 20.8 Å². The summed E-state index contributed by atoms with van der Waals surface area (Å²) in [5.41, 5.74) is 0.915. The fourth-order valence-corrected chi connectivity index (χ4v) is 4.24. The summed E-state index contributed by atoms with van der Waals surface area (Å²) < 4.78 is 19.1. The Labute approximate surface area is 175 Å². The summed E-state index contributed by atoms with van der Waals surface area (Å²) in [5, 5.41) is 0.832. The first-order valence-electron chi connectivity index (χ1n) is 8.37. The summed E-state index contributed by atoms with van der Waals surface area (Å²) in [6, 6.07) is 8.56. The molecule has 0 saturated carbocycles. The molecule has 1 amide bonds. The lowest BCUT2D eigenvalue weighted by molar-refractivity contribution is -0.120. The van der Waals surface area contributed by atoms with E-state index in [2.05, 4.69) is 4.99 Å². The molecule has 0 atom stereocenters. The van der Waals surface area contributed by atoms with Gasteiger partial charge in [-0.25, -0.2) is 0 Å². The predicted octanol–water partition coefficient (Wildman–Crippen LogP) is 4.55. The van der Waals surface area contributed by atoms with Gasteiger partial charge in [-0.15, -0.1) is 0 Å². The smallest absolute Gasteiger partial charge is 0.286 e. The van der Waals surface area contributed by atoms with E-state index in [4.69, 9.17) is 37.4 Å². The van der Waals surface area contributed by atoms with Gasteiger partial charge in [0.05, 0.1) is 29.5 Å². The number of hydrogen-bond acceptors (Lipinski definition) is 5. The number of methoxy groups -OCH3 is 2. The summed E-state index contributed by atoms with van der Waals surface area (Å²) in [6.07, 6.45) is 0.